The molecule has 0 amide bonds. The SMILES string of the molecule is Cc1cc(CC(N)c2scnc2C)n(C)n1. The minimum absolute atomic E-state index is 0.0160. The number of aryl methyl sites for hydroxylation is 3. The highest BCUT2D eigenvalue weighted by Crippen LogP contribution is 2.22. The molecule has 86 valence electrons. The van der Waals surface area contributed by atoms with E-state index in [-0.39, 0.29) is 6.04 Å². The van der Waals surface area contributed by atoms with Crippen molar-refractivity contribution in [1.29, 1.82) is 0 Å². The van der Waals surface area contributed by atoms with Crippen LogP contribution in [0.1, 0.15) is 28.0 Å². The Bertz CT molecular complexity index is 486. The molecule has 2 rings (SSSR count). The molecular weight excluding hydrogens is 220 g/mol. The summed E-state index contributed by atoms with van der Waals surface area (Å²) in [5.74, 6) is 0. The van der Waals surface area contributed by atoms with Crippen molar-refractivity contribution in [3.63, 3.8) is 0 Å². The molecule has 1 atom stereocenters. The number of nitrogens with zero attached hydrogens (tertiary/aromatic N) is 3. The predicted molar refractivity (Wildman–Crippen MR) is 65.4 cm³/mol. The first kappa shape index (κ1) is 11.3. The van der Waals surface area contributed by atoms with Crippen molar-refractivity contribution in [2.24, 2.45) is 12.8 Å². The van der Waals surface area contributed by atoms with Gasteiger partial charge in [-0.2, -0.15) is 5.10 Å². The van der Waals surface area contributed by atoms with Crippen molar-refractivity contribution in [3.05, 3.63) is 33.5 Å². The molecule has 2 aromatic heterocycles. The summed E-state index contributed by atoms with van der Waals surface area (Å²) in [5, 5.41) is 4.32. The minimum Gasteiger partial charge on any atom is -0.323 e. The fourth-order valence-electron chi connectivity index (χ4n) is 1.84. The zero-order valence-corrected chi connectivity index (χ0v) is 10.6. The van der Waals surface area contributed by atoms with Gasteiger partial charge in [0.1, 0.15) is 0 Å². The minimum atomic E-state index is 0.0160. The number of aromatic nitrogens is 3. The lowest BCUT2D eigenvalue weighted by Crippen LogP contribution is -2.15. The van der Waals surface area contributed by atoms with E-state index < -0.39 is 0 Å². The quantitative estimate of drug-likeness (QED) is 0.883. The topological polar surface area (TPSA) is 56.7 Å². The molecule has 0 aliphatic heterocycles. The van der Waals surface area contributed by atoms with E-state index >= 15 is 0 Å². The molecule has 0 aliphatic carbocycles. The maximum absolute atomic E-state index is 6.18. The van der Waals surface area contributed by atoms with Crippen LogP contribution >= 0.6 is 11.3 Å². The van der Waals surface area contributed by atoms with Crippen LogP contribution in [0.4, 0.5) is 0 Å². The van der Waals surface area contributed by atoms with Crippen LogP contribution in [0.5, 0.6) is 0 Å². The lowest BCUT2D eigenvalue weighted by Gasteiger charge is -2.10. The molecule has 2 aromatic rings. The fraction of sp³-hybridized carbons (Fsp3) is 0.455. The van der Waals surface area contributed by atoms with Gasteiger partial charge in [0.15, 0.2) is 0 Å². The van der Waals surface area contributed by atoms with Gasteiger partial charge in [-0.1, -0.05) is 0 Å². The molecule has 5 heteroatoms. The van der Waals surface area contributed by atoms with E-state index in [4.69, 9.17) is 5.73 Å². The molecule has 0 aliphatic rings. The summed E-state index contributed by atoms with van der Waals surface area (Å²) in [6, 6.07) is 2.10. The second kappa shape index (κ2) is 4.35. The first-order valence-corrected chi connectivity index (χ1v) is 6.11. The van der Waals surface area contributed by atoms with Crippen LogP contribution in [0.2, 0.25) is 0 Å². The summed E-state index contributed by atoms with van der Waals surface area (Å²) in [4.78, 5) is 5.39. The van der Waals surface area contributed by atoms with Gasteiger partial charge in [0.25, 0.3) is 0 Å². The molecule has 4 nitrogen and oxygen atoms in total. The molecule has 16 heavy (non-hydrogen) atoms. The lowest BCUT2D eigenvalue weighted by atomic mass is 10.1. The second-order valence-electron chi connectivity index (χ2n) is 4.01. The van der Waals surface area contributed by atoms with Gasteiger partial charge in [-0.3, -0.25) is 4.68 Å². The van der Waals surface area contributed by atoms with E-state index in [1.807, 2.05) is 31.1 Å². The fourth-order valence-corrected chi connectivity index (χ4v) is 2.65. The summed E-state index contributed by atoms with van der Waals surface area (Å²) in [6.45, 7) is 3.99. The molecule has 0 saturated carbocycles. The smallest absolute Gasteiger partial charge is 0.0798 e. The Balaban J connectivity index is 2.16. The molecule has 0 aromatic carbocycles. The summed E-state index contributed by atoms with van der Waals surface area (Å²) < 4.78 is 1.89. The number of thiazole rings is 1. The molecule has 1 unspecified atom stereocenters. The Kier molecular flexibility index (Phi) is 3.07. The number of hydrogen-bond acceptors (Lipinski definition) is 4. The van der Waals surface area contributed by atoms with Gasteiger partial charge in [-0.05, 0) is 19.9 Å². The standard InChI is InChI=1S/C11H16N4S/c1-7-4-9(15(3)14-7)5-10(12)11-8(2)13-6-16-11/h4,6,10H,5,12H2,1-3H3. The third kappa shape index (κ3) is 2.15. The van der Waals surface area contributed by atoms with Crippen molar-refractivity contribution >= 4 is 11.3 Å². The third-order valence-electron chi connectivity index (χ3n) is 2.65. The van der Waals surface area contributed by atoms with Crippen LogP contribution in [-0.2, 0) is 13.5 Å². The van der Waals surface area contributed by atoms with E-state index in [0.717, 1.165) is 23.5 Å². The maximum atomic E-state index is 6.18. The van der Waals surface area contributed by atoms with Gasteiger partial charge >= 0.3 is 0 Å². The van der Waals surface area contributed by atoms with Crippen molar-refractivity contribution in [1.82, 2.24) is 14.8 Å². The average molecular weight is 236 g/mol. The summed E-state index contributed by atoms with van der Waals surface area (Å²) >= 11 is 1.62. The average Bonchev–Trinajstić information content (AvgIpc) is 2.74. The predicted octanol–water partition coefficient (Wildman–Crippen LogP) is 1.74. The molecule has 0 spiro atoms. The van der Waals surface area contributed by atoms with Gasteiger partial charge < -0.3 is 5.73 Å². The van der Waals surface area contributed by atoms with E-state index in [1.165, 1.54) is 4.88 Å². The Morgan fingerprint density at radius 3 is 2.75 bits per heavy atom. The lowest BCUT2D eigenvalue weighted by molar-refractivity contribution is 0.643. The van der Waals surface area contributed by atoms with Crippen LogP contribution < -0.4 is 5.73 Å². The molecule has 0 saturated heterocycles. The highest BCUT2D eigenvalue weighted by Gasteiger charge is 2.14. The third-order valence-corrected chi connectivity index (χ3v) is 3.71. The van der Waals surface area contributed by atoms with E-state index in [0.29, 0.717) is 0 Å². The van der Waals surface area contributed by atoms with Crippen LogP contribution in [0, 0.1) is 13.8 Å². The number of rotatable bonds is 3. The van der Waals surface area contributed by atoms with E-state index in [1.54, 1.807) is 11.3 Å². The zero-order valence-electron chi connectivity index (χ0n) is 9.77. The monoisotopic (exact) mass is 236 g/mol. The Morgan fingerprint density at radius 2 is 2.25 bits per heavy atom. The summed E-state index contributed by atoms with van der Waals surface area (Å²) in [6.07, 6.45) is 0.806. The molecule has 2 heterocycles. The molecular formula is C11H16N4S. The summed E-state index contributed by atoms with van der Waals surface area (Å²) in [5.41, 5.74) is 11.3. The Labute approximate surface area is 99.1 Å². The maximum Gasteiger partial charge on any atom is 0.0798 e. The van der Waals surface area contributed by atoms with Crippen LogP contribution in [0.25, 0.3) is 0 Å². The molecule has 0 radical (unpaired) electrons. The van der Waals surface area contributed by atoms with Gasteiger partial charge in [-0.25, -0.2) is 4.98 Å². The van der Waals surface area contributed by atoms with Gasteiger partial charge in [0.05, 0.1) is 16.9 Å². The zero-order chi connectivity index (χ0) is 11.7. The molecule has 2 N–H and O–H groups in total. The normalized spacial score (nSPS) is 13.0. The van der Waals surface area contributed by atoms with E-state index in [2.05, 4.69) is 16.1 Å². The van der Waals surface area contributed by atoms with Crippen LogP contribution in [0.15, 0.2) is 11.6 Å². The van der Waals surface area contributed by atoms with Gasteiger partial charge in [0.2, 0.25) is 0 Å². The molecule has 0 bridgehead atoms. The van der Waals surface area contributed by atoms with Gasteiger partial charge in [-0.15, -0.1) is 11.3 Å². The Hall–Kier alpha value is -1.20. The van der Waals surface area contributed by atoms with E-state index in [9.17, 15) is 0 Å². The highest BCUT2D eigenvalue weighted by atomic mass is 32.1. The summed E-state index contributed by atoms with van der Waals surface area (Å²) in [7, 11) is 1.95. The highest BCUT2D eigenvalue weighted by molar-refractivity contribution is 7.09. The van der Waals surface area contributed by atoms with Crippen molar-refractivity contribution in [2.45, 2.75) is 26.3 Å². The molecule has 0 fully saturated rings. The first-order valence-electron chi connectivity index (χ1n) is 5.23. The number of hydrogen-bond donors (Lipinski definition) is 1. The van der Waals surface area contributed by atoms with Crippen molar-refractivity contribution in [2.75, 3.05) is 0 Å². The first-order chi connectivity index (χ1) is 7.58. The van der Waals surface area contributed by atoms with Crippen LogP contribution in [0.3, 0.4) is 0 Å². The van der Waals surface area contributed by atoms with Crippen molar-refractivity contribution < 1.29 is 0 Å². The largest absolute Gasteiger partial charge is 0.323 e. The van der Waals surface area contributed by atoms with Gasteiger partial charge in [0, 0.05) is 30.1 Å². The van der Waals surface area contributed by atoms with Crippen molar-refractivity contribution in [3.8, 4) is 0 Å². The van der Waals surface area contributed by atoms with Crippen LogP contribution in [-0.4, -0.2) is 14.8 Å². The number of nitrogens with two attached hydrogens (primary N) is 1. The Morgan fingerprint density at radius 1 is 1.50 bits per heavy atom. The second-order valence-corrected chi connectivity index (χ2v) is 4.90.